The number of carbonyl (C=O) groups is 1. The Hall–Kier alpha value is -0.220. The van der Waals surface area contributed by atoms with Crippen molar-refractivity contribution in [2.24, 2.45) is 5.73 Å². The molecule has 0 heterocycles. The Morgan fingerprint density at radius 1 is 1.67 bits per heavy atom. The molecule has 1 unspecified atom stereocenters. The van der Waals surface area contributed by atoms with Crippen molar-refractivity contribution in [3.05, 3.63) is 0 Å². The van der Waals surface area contributed by atoms with Gasteiger partial charge in [-0.2, -0.15) is 11.8 Å². The van der Waals surface area contributed by atoms with Gasteiger partial charge in [0.15, 0.2) is 0 Å². The lowest BCUT2D eigenvalue weighted by Crippen LogP contribution is -2.41. The summed E-state index contributed by atoms with van der Waals surface area (Å²) in [5.74, 6) is 0.738. The van der Waals surface area contributed by atoms with E-state index in [9.17, 15) is 4.79 Å². The van der Waals surface area contributed by atoms with E-state index >= 15 is 0 Å². The Morgan fingerprint density at radius 2 is 2.33 bits per heavy atom. The minimum Gasteiger partial charge on any atom is -0.368 e. The van der Waals surface area contributed by atoms with Crippen LogP contribution in [-0.4, -0.2) is 30.5 Å². The number of carbonyl (C=O) groups excluding carboxylic acids is 1. The number of hydrogen-bond donors (Lipinski definition) is 2. The van der Waals surface area contributed by atoms with E-state index in [2.05, 4.69) is 12.2 Å². The number of rotatable bonds is 7. The Balaban J connectivity index is 3.62. The molecule has 0 aromatic carbocycles. The highest BCUT2D eigenvalue weighted by Gasteiger charge is 2.12. The number of primary amides is 1. The maximum atomic E-state index is 10.9. The van der Waals surface area contributed by atoms with Crippen molar-refractivity contribution in [1.29, 1.82) is 0 Å². The summed E-state index contributed by atoms with van der Waals surface area (Å²) < 4.78 is 0. The number of thioether (sulfide) groups is 1. The van der Waals surface area contributed by atoms with Gasteiger partial charge in [0.25, 0.3) is 0 Å². The summed E-state index contributed by atoms with van der Waals surface area (Å²) in [5.41, 5.74) is 5.21. The normalized spacial score (nSPS) is 12.8. The second kappa shape index (κ2) is 7.43. The van der Waals surface area contributed by atoms with E-state index in [0.717, 1.165) is 25.1 Å². The number of nitrogens with two attached hydrogens (primary N) is 1. The fourth-order valence-corrected chi connectivity index (χ4v) is 1.37. The maximum absolute atomic E-state index is 10.9. The van der Waals surface area contributed by atoms with Gasteiger partial charge in [-0.3, -0.25) is 4.79 Å². The van der Waals surface area contributed by atoms with Crippen molar-refractivity contribution in [3.63, 3.8) is 0 Å². The van der Waals surface area contributed by atoms with Gasteiger partial charge in [0.05, 0.1) is 6.04 Å². The summed E-state index contributed by atoms with van der Waals surface area (Å²) in [7, 11) is 0. The fourth-order valence-electron chi connectivity index (χ4n) is 0.899. The molecule has 72 valence electrons. The van der Waals surface area contributed by atoms with E-state index in [-0.39, 0.29) is 11.9 Å². The second-order valence-corrected chi connectivity index (χ2v) is 3.68. The van der Waals surface area contributed by atoms with Gasteiger partial charge in [-0.15, -0.1) is 0 Å². The van der Waals surface area contributed by atoms with E-state index in [1.807, 2.05) is 6.26 Å². The zero-order chi connectivity index (χ0) is 9.40. The van der Waals surface area contributed by atoms with Crippen molar-refractivity contribution < 1.29 is 4.79 Å². The van der Waals surface area contributed by atoms with Crippen LogP contribution in [0.25, 0.3) is 0 Å². The average molecular weight is 190 g/mol. The van der Waals surface area contributed by atoms with Crippen molar-refractivity contribution in [2.45, 2.75) is 25.8 Å². The van der Waals surface area contributed by atoms with Crippen LogP contribution in [0.4, 0.5) is 0 Å². The topological polar surface area (TPSA) is 55.1 Å². The smallest absolute Gasteiger partial charge is 0.234 e. The van der Waals surface area contributed by atoms with Gasteiger partial charge in [0.1, 0.15) is 0 Å². The average Bonchev–Trinajstić information content (AvgIpc) is 2.04. The Bertz CT molecular complexity index is 122. The Labute approximate surface area is 78.5 Å². The molecule has 0 rings (SSSR count). The van der Waals surface area contributed by atoms with Crippen LogP contribution in [0.2, 0.25) is 0 Å². The number of amides is 1. The molecule has 12 heavy (non-hydrogen) atoms. The number of hydrogen-bond acceptors (Lipinski definition) is 3. The van der Waals surface area contributed by atoms with Gasteiger partial charge in [0, 0.05) is 0 Å². The molecule has 0 spiro atoms. The van der Waals surface area contributed by atoms with E-state index < -0.39 is 0 Å². The molecule has 0 radical (unpaired) electrons. The standard InChI is InChI=1S/C8H18N2OS/c1-3-5-10-7(8(9)11)4-6-12-2/h7,10H,3-6H2,1-2H3,(H2,9,11). The highest BCUT2D eigenvalue weighted by Crippen LogP contribution is 1.99. The highest BCUT2D eigenvalue weighted by atomic mass is 32.2. The summed E-state index contributed by atoms with van der Waals surface area (Å²) in [6.45, 7) is 2.93. The summed E-state index contributed by atoms with van der Waals surface area (Å²) in [5, 5.41) is 3.12. The molecule has 0 aromatic rings. The van der Waals surface area contributed by atoms with Crippen molar-refractivity contribution in [2.75, 3.05) is 18.6 Å². The van der Waals surface area contributed by atoms with Crippen LogP contribution in [-0.2, 0) is 4.79 Å². The van der Waals surface area contributed by atoms with Gasteiger partial charge in [-0.25, -0.2) is 0 Å². The first-order valence-corrected chi connectivity index (χ1v) is 5.63. The fraction of sp³-hybridized carbons (Fsp3) is 0.875. The highest BCUT2D eigenvalue weighted by molar-refractivity contribution is 7.98. The molecule has 0 fully saturated rings. The predicted molar refractivity (Wildman–Crippen MR) is 54.3 cm³/mol. The molecule has 0 saturated heterocycles. The first-order valence-electron chi connectivity index (χ1n) is 4.24. The lowest BCUT2D eigenvalue weighted by molar-refractivity contribution is -0.120. The van der Waals surface area contributed by atoms with E-state index in [4.69, 9.17) is 5.73 Å². The largest absolute Gasteiger partial charge is 0.368 e. The maximum Gasteiger partial charge on any atom is 0.234 e. The van der Waals surface area contributed by atoms with Crippen LogP contribution >= 0.6 is 11.8 Å². The molecular weight excluding hydrogens is 172 g/mol. The molecule has 4 heteroatoms. The van der Waals surface area contributed by atoms with Crippen LogP contribution in [0, 0.1) is 0 Å². The summed E-state index contributed by atoms with van der Waals surface area (Å²) in [4.78, 5) is 10.9. The minimum absolute atomic E-state index is 0.141. The third-order valence-electron chi connectivity index (χ3n) is 1.59. The SMILES string of the molecule is CCCNC(CCSC)C(N)=O. The number of nitrogens with one attached hydrogen (secondary N) is 1. The second-order valence-electron chi connectivity index (χ2n) is 2.69. The van der Waals surface area contributed by atoms with Crippen molar-refractivity contribution in [3.8, 4) is 0 Å². The summed E-state index contributed by atoms with van der Waals surface area (Å²) >= 11 is 1.73. The molecule has 0 aliphatic carbocycles. The Morgan fingerprint density at radius 3 is 2.75 bits per heavy atom. The van der Waals surface area contributed by atoms with Gasteiger partial charge < -0.3 is 11.1 Å². The lowest BCUT2D eigenvalue weighted by Gasteiger charge is -2.13. The molecule has 1 atom stereocenters. The third-order valence-corrected chi connectivity index (χ3v) is 2.24. The zero-order valence-corrected chi connectivity index (χ0v) is 8.62. The molecule has 0 saturated carbocycles. The molecule has 0 bridgehead atoms. The van der Waals surface area contributed by atoms with Crippen LogP contribution < -0.4 is 11.1 Å². The summed E-state index contributed by atoms with van der Waals surface area (Å²) in [6, 6.07) is -0.141. The zero-order valence-electron chi connectivity index (χ0n) is 7.80. The molecule has 1 amide bonds. The third kappa shape index (κ3) is 5.43. The van der Waals surface area contributed by atoms with Gasteiger partial charge in [-0.05, 0) is 31.4 Å². The minimum atomic E-state index is -0.238. The van der Waals surface area contributed by atoms with Crippen molar-refractivity contribution in [1.82, 2.24) is 5.32 Å². The van der Waals surface area contributed by atoms with E-state index in [1.54, 1.807) is 11.8 Å². The van der Waals surface area contributed by atoms with E-state index in [1.165, 1.54) is 0 Å². The van der Waals surface area contributed by atoms with E-state index in [0.29, 0.717) is 0 Å². The molecule has 3 N–H and O–H groups in total. The van der Waals surface area contributed by atoms with Gasteiger partial charge in [0.2, 0.25) is 5.91 Å². The van der Waals surface area contributed by atoms with Crippen LogP contribution in [0.5, 0.6) is 0 Å². The first-order chi connectivity index (χ1) is 5.72. The predicted octanol–water partition coefficient (Wildman–Crippen LogP) is 0.593. The first kappa shape index (κ1) is 11.8. The molecule has 3 nitrogen and oxygen atoms in total. The van der Waals surface area contributed by atoms with Crippen LogP contribution in [0.3, 0.4) is 0 Å². The molecule has 0 aliphatic rings. The summed E-state index contributed by atoms with van der Waals surface area (Å²) in [6.07, 6.45) is 3.89. The van der Waals surface area contributed by atoms with Crippen LogP contribution in [0.15, 0.2) is 0 Å². The monoisotopic (exact) mass is 190 g/mol. The van der Waals surface area contributed by atoms with Gasteiger partial charge in [-0.1, -0.05) is 6.92 Å². The van der Waals surface area contributed by atoms with Crippen molar-refractivity contribution >= 4 is 17.7 Å². The Kier molecular flexibility index (Phi) is 7.29. The van der Waals surface area contributed by atoms with Crippen LogP contribution in [0.1, 0.15) is 19.8 Å². The molecule has 0 aromatic heterocycles. The lowest BCUT2D eigenvalue weighted by atomic mass is 10.2. The molecule has 0 aliphatic heterocycles. The molecular formula is C8H18N2OS. The van der Waals surface area contributed by atoms with Gasteiger partial charge >= 0.3 is 0 Å². The quantitative estimate of drug-likeness (QED) is 0.618.